The van der Waals surface area contributed by atoms with Crippen molar-refractivity contribution in [2.24, 2.45) is 0 Å². The first kappa shape index (κ1) is 12.0. The van der Waals surface area contributed by atoms with E-state index in [9.17, 15) is 9.59 Å². The van der Waals surface area contributed by atoms with Gasteiger partial charge in [-0.15, -0.1) is 0 Å². The van der Waals surface area contributed by atoms with Crippen molar-refractivity contribution in [2.75, 3.05) is 26.2 Å². The van der Waals surface area contributed by atoms with Crippen molar-refractivity contribution in [3.63, 3.8) is 0 Å². The number of likely N-dealkylation sites (tertiary alicyclic amines) is 1. The van der Waals surface area contributed by atoms with Gasteiger partial charge in [-0.05, 0) is 19.5 Å². The van der Waals surface area contributed by atoms with Crippen LogP contribution in [0.4, 0.5) is 0 Å². The number of carbonyl (C=O) groups is 2. The third-order valence-electron chi connectivity index (χ3n) is 2.96. The first-order valence-corrected chi connectivity index (χ1v) is 5.36. The monoisotopic (exact) mass is 214 g/mol. The van der Waals surface area contributed by atoms with Gasteiger partial charge in [0, 0.05) is 19.1 Å². The number of amides is 1. The number of carboxylic acids is 1. The van der Waals surface area contributed by atoms with Crippen LogP contribution >= 0.6 is 0 Å². The number of nitrogens with zero attached hydrogens (tertiary/aromatic N) is 2. The molecule has 0 aromatic heterocycles. The van der Waals surface area contributed by atoms with Gasteiger partial charge in [0.2, 0.25) is 0 Å². The lowest BCUT2D eigenvalue weighted by Gasteiger charge is -2.25. The third kappa shape index (κ3) is 2.68. The molecule has 0 bridgehead atoms. The van der Waals surface area contributed by atoms with Crippen LogP contribution in [0.1, 0.15) is 20.3 Å². The molecule has 1 heterocycles. The molecule has 0 saturated carbocycles. The highest BCUT2D eigenvalue weighted by Gasteiger charge is 2.31. The lowest BCUT2D eigenvalue weighted by molar-refractivity contribution is -0.155. The summed E-state index contributed by atoms with van der Waals surface area (Å²) < 4.78 is 0. The van der Waals surface area contributed by atoms with Crippen molar-refractivity contribution in [3.8, 4) is 0 Å². The molecule has 1 N–H and O–H groups in total. The van der Waals surface area contributed by atoms with Crippen molar-refractivity contribution < 1.29 is 14.7 Å². The second-order valence-electron chi connectivity index (χ2n) is 3.72. The molecule has 0 aliphatic carbocycles. The molecule has 0 radical (unpaired) electrons. The molecule has 15 heavy (non-hydrogen) atoms. The maximum atomic E-state index is 11.2. The lowest BCUT2D eigenvalue weighted by Crippen LogP contribution is -2.40. The Balaban J connectivity index is 2.51. The third-order valence-corrected chi connectivity index (χ3v) is 2.96. The molecular formula is C10H18N2O3. The topological polar surface area (TPSA) is 60.9 Å². The number of hydrogen-bond donors (Lipinski definition) is 1. The Hall–Kier alpha value is -1.10. The predicted molar refractivity (Wildman–Crippen MR) is 55.5 cm³/mol. The van der Waals surface area contributed by atoms with Crippen LogP contribution in [-0.2, 0) is 9.59 Å². The van der Waals surface area contributed by atoms with Gasteiger partial charge in [-0.2, -0.15) is 0 Å². The second-order valence-corrected chi connectivity index (χ2v) is 3.72. The van der Waals surface area contributed by atoms with Crippen molar-refractivity contribution in [1.82, 2.24) is 9.80 Å². The minimum absolute atomic E-state index is 0.322. The van der Waals surface area contributed by atoms with Crippen molar-refractivity contribution in [3.05, 3.63) is 0 Å². The summed E-state index contributed by atoms with van der Waals surface area (Å²) >= 11 is 0. The lowest BCUT2D eigenvalue weighted by atomic mass is 10.2. The van der Waals surface area contributed by atoms with E-state index in [2.05, 4.69) is 18.7 Å². The molecule has 86 valence electrons. The van der Waals surface area contributed by atoms with E-state index in [1.807, 2.05) is 0 Å². The zero-order valence-corrected chi connectivity index (χ0v) is 9.27. The smallest absolute Gasteiger partial charge is 0.394 e. The highest BCUT2D eigenvalue weighted by atomic mass is 16.4. The average molecular weight is 214 g/mol. The normalized spacial score (nSPS) is 21.0. The number of likely N-dealkylation sites (N-methyl/N-ethyl adjacent to an activating group) is 1. The van der Waals surface area contributed by atoms with Crippen LogP contribution in [0.2, 0.25) is 0 Å². The molecule has 0 aromatic rings. The van der Waals surface area contributed by atoms with Gasteiger partial charge < -0.3 is 10.0 Å². The van der Waals surface area contributed by atoms with Crippen LogP contribution in [0.3, 0.4) is 0 Å². The molecule has 5 heteroatoms. The number of carboxylic acid groups (broad SMARTS) is 1. The van der Waals surface area contributed by atoms with E-state index in [4.69, 9.17) is 5.11 Å². The van der Waals surface area contributed by atoms with E-state index in [-0.39, 0.29) is 0 Å². The van der Waals surface area contributed by atoms with Gasteiger partial charge in [-0.25, -0.2) is 4.79 Å². The largest absolute Gasteiger partial charge is 0.474 e. The molecule has 5 nitrogen and oxygen atoms in total. The van der Waals surface area contributed by atoms with Gasteiger partial charge in [-0.1, -0.05) is 13.8 Å². The van der Waals surface area contributed by atoms with Crippen LogP contribution in [0.5, 0.6) is 0 Å². The first-order valence-electron chi connectivity index (χ1n) is 5.36. The number of carbonyl (C=O) groups excluding carboxylic acids is 1. The molecule has 1 rings (SSSR count). The van der Waals surface area contributed by atoms with Crippen LogP contribution < -0.4 is 0 Å². The molecule has 1 fully saturated rings. The Bertz CT molecular complexity index is 251. The summed E-state index contributed by atoms with van der Waals surface area (Å²) in [5.41, 5.74) is 0. The van der Waals surface area contributed by atoms with Crippen LogP contribution in [0.25, 0.3) is 0 Å². The van der Waals surface area contributed by atoms with E-state index in [0.29, 0.717) is 19.1 Å². The Morgan fingerprint density at radius 2 is 2.00 bits per heavy atom. The summed E-state index contributed by atoms with van der Waals surface area (Å²) in [6.07, 6.45) is 0.876. The van der Waals surface area contributed by atoms with E-state index >= 15 is 0 Å². The molecular weight excluding hydrogens is 196 g/mol. The van der Waals surface area contributed by atoms with Crippen LogP contribution in [-0.4, -0.2) is 59.0 Å². The molecule has 0 aromatic carbocycles. The summed E-state index contributed by atoms with van der Waals surface area (Å²) in [5.74, 6) is -2.13. The van der Waals surface area contributed by atoms with Gasteiger partial charge in [0.25, 0.3) is 0 Å². The van der Waals surface area contributed by atoms with Gasteiger partial charge >= 0.3 is 11.9 Å². The van der Waals surface area contributed by atoms with E-state index in [0.717, 1.165) is 19.5 Å². The molecule has 1 saturated heterocycles. The Morgan fingerprint density at radius 1 is 1.40 bits per heavy atom. The molecule has 0 spiro atoms. The van der Waals surface area contributed by atoms with Crippen molar-refractivity contribution >= 4 is 11.9 Å². The van der Waals surface area contributed by atoms with Gasteiger partial charge in [0.05, 0.1) is 0 Å². The predicted octanol–water partition coefficient (Wildman–Crippen LogP) is 0.0137. The van der Waals surface area contributed by atoms with Crippen LogP contribution in [0.15, 0.2) is 0 Å². The average Bonchev–Trinajstić information content (AvgIpc) is 2.67. The fourth-order valence-electron chi connectivity index (χ4n) is 2.10. The zero-order chi connectivity index (χ0) is 11.4. The van der Waals surface area contributed by atoms with Crippen LogP contribution in [0, 0.1) is 0 Å². The van der Waals surface area contributed by atoms with Crippen molar-refractivity contribution in [1.29, 1.82) is 0 Å². The molecule has 1 amide bonds. The molecule has 1 unspecified atom stereocenters. The second kappa shape index (κ2) is 5.11. The number of hydrogen-bond acceptors (Lipinski definition) is 3. The van der Waals surface area contributed by atoms with E-state index < -0.39 is 11.9 Å². The van der Waals surface area contributed by atoms with E-state index in [1.165, 1.54) is 4.90 Å². The maximum absolute atomic E-state index is 11.2. The summed E-state index contributed by atoms with van der Waals surface area (Å²) in [6, 6.07) is 0.322. The fraction of sp³-hybridized carbons (Fsp3) is 0.800. The summed E-state index contributed by atoms with van der Waals surface area (Å²) in [5, 5.41) is 8.58. The zero-order valence-electron chi connectivity index (χ0n) is 9.27. The Kier molecular flexibility index (Phi) is 4.08. The fourth-order valence-corrected chi connectivity index (χ4v) is 2.10. The summed E-state index contributed by atoms with van der Waals surface area (Å²) in [6.45, 7) is 7.14. The van der Waals surface area contributed by atoms with Crippen molar-refractivity contribution in [2.45, 2.75) is 26.3 Å². The summed E-state index contributed by atoms with van der Waals surface area (Å²) in [4.78, 5) is 25.4. The minimum Gasteiger partial charge on any atom is -0.474 e. The highest BCUT2D eigenvalue weighted by Crippen LogP contribution is 2.15. The Labute approximate surface area is 89.7 Å². The molecule has 1 aliphatic heterocycles. The quantitative estimate of drug-likeness (QED) is 0.672. The van der Waals surface area contributed by atoms with Gasteiger partial charge in [-0.3, -0.25) is 9.69 Å². The first-order chi connectivity index (χ1) is 7.10. The minimum atomic E-state index is -1.35. The highest BCUT2D eigenvalue weighted by molar-refractivity contribution is 6.31. The molecule has 1 aliphatic rings. The number of aliphatic carboxylic acids is 1. The number of rotatable bonds is 3. The Morgan fingerprint density at radius 3 is 2.47 bits per heavy atom. The van der Waals surface area contributed by atoms with Gasteiger partial charge in [0.15, 0.2) is 0 Å². The maximum Gasteiger partial charge on any atom is 0.394 e. The SMILES string of the molecule is CCN(CC)C1CCN(C(=O)C(=O)O)C1. The van der Waals surface area contributed by atoms with Gasteiger partial charge in [0.1, 0.15) is 0 Å². The van der Waals surface area contributed by atoms with E-state index in [1.54, 1.807) is 0 Å². The standard InChI is InChI=1S/C10H18N2O3/c1-3-11(4-2)8-5-6-12(7-8)9(13)10(14)15/h8H,3-7H2,1-2H3,(H,14,15). The summed E-state index contributed by atoms with van der Waals surface area (Å²) in [7, 11) is 0. The molecule has 1 atom stereocenters.